The fraction of sp³-hybridized carbons (Fsp3) is 0.909. The zero-order chi connectivity index (χ0) is 10.7. The van der Waals surface area contributed by atoms with Gasteiger partial charge in [0.1, 0.15) is 5.78 Å². The molecular weight excluding hydrogens is 196 g/mol. The van der Waals surface area contributed by atoms with Gasteiger partial charge in [0.25, 0.3) is 0 Å². The third-order valence-corrected chi connectivity index (χ3v) is 5.25. The van der Waals surface area contributed by atoms with E-state index in [0.29, 0.717) is 5.92 Å². The summed E-state index contributed by atoms with van der Waals surface area (Å²) in [5.74, 6) is 0.735. The molecule has 4 unspecified atom stereocenters. The van der Waals surface area contributed by atoms with E-state index in [1.165, 1.54) is 19.8 Å². The normalized spacial score (nSPS) is 32.2. The number of hydrogen-bond acceptors (Lipinski definition) is 2. The van der Waals surface area contributed by atoms with Gasteiger partial charge in [0.2, 0.25) is 0 Å². The first-order chi connectivity index (χ1) is 6.52. The second-order valence-corrected chi connectivity index (χ2v) is 6.51. The van der Waals surface area contributed by atoms with Gasteiger partial charge in [0, 0.05) is 16.0 Å². The minimum Gasteiger partial charge on any atom is -0.299 e. The van der Waals surface area contributed by atoms with Gasteiger partial charge in [0.05, 0.1) is 5.25 Å². The molecule has 0 bridgehead atoms. The third-order valence-electron chi connectivity index (χ3n) is 3.14. The molecule has 0 aromatic heterocycles. The molecule has 0 N–H and O–H groups in total. The first-order valence-corrected chi connectivity index (χ1v) is 6.69. The van der Waals surface area contributed by atoms with Gasteiger partial charge in [-0.3, -0.25) is 9.00 Å². The summed E-state index contributed by atoms with van der Waals surface area (Å²) in [5.41, 5.74) is 0. The van der Waals surface area contributed by atoms with Crippen LogP contribution in [0.1, 0.15) is 46.5 Å². The molecule has 1 rings (SSSR count). The highest BCUT2D eigenvalue weighted by Crippen LogP contribution is 2.28. The Balaban J connectivity index is 2.55. The van der Waals surface area contributed by atoms with Crippen LogP contribution in [-0.2, 0) is 15.6 Å². The smallest absolute Gasteiger partial charge is 0.145 e. The molecule has 4 atom stereocenters. The van der Waals surface area contributed by atoms with E-state index in [9.17, 15) is 9.00 Å². The monoisotopic (exact) mass is 216 g/mol. The van der Waals surface area contributed by atoms with Crippen LogP contribution in [0.3, 0.4) is 0 Å². The summed E-state index contributed by atoms with van der Waals surface area (Å²) in [6.07, 6.45) is 4.49. The molecule has 1 fully saturated rings. The first-order valence-electron chi connectivity index (χ1n) is 5.42. The zero-order valence-corrected chi connectivity index (χ0v) is 10.1. The van der Waals surface area contributed by atoms with Gasteiger partial charge < -0.3 is 0 Å². The lowest BCUT2D eigenvalue weighted by Crippen LogP contribution is -2.32. The molecule has 1 aliphatic carbocycles. The summed E-state index contributed by atoms with van der Waals surface area (Å²) in [5, 5.41) is -0.0112. The van der Waals surface area contributed by atoms with Gasteiger partial charge in [-0.15, -0.1) is 0 Å². The summed E-state index contributed by atoms with van der Waals surface area (Å²) in [7, 11) is -0.952. The zero-order valence-electron chi connectivity index (χ0n) is 9.29. The molecule has 0 aromatic rings. The van der Waals surface area contributed by atoms with Crippen molar-refractivity contribution in [3.8, 4) is 0 Å². The average molecular weight is 216 g/mol. The molecule has 82 valence electrons. The molecular formula is C11H20O2S. The van der Waals surface area contributed by atoms with E-state index in [4.69, 9.17) is 0 Å². The standard InChI is InChI=1S/C11H20O2S/c1-8-5-4-6-11(7-8)14(13)10(3)9(2)12/h8,10-11H,4-7H2,1-3H3. The topological polar surface area (TPSA) is 34.1 Å². The average Bonchev–Trinajstić information content (AvgIpc) is 2.15. The van der Waals surface area contributed by atoms with E-state index < -0.39 is 10.8 Å². The predicted molar refractivity (Wildman–Crippen MR) is 59.7 cm³/mol. The number of hydrogen-bond donors (Lipinski definition) is 0. The second kappa shape index (κ2) is 5.06. The molecule has 1 aliphatic rings. The Bertz CT molecular complexity index is 237. The van der Waals surface area contributed by atoms with Crippen molar-refractivity contribution in [3.63, 3.8) is 0 Å². The van der Waals surface area contributed by atoms with Crippen LogP contribution in [-0.4, -0.2) is 20.5 Å². The second-order valence-electron chi connectivity index (χ2n) is 4.48. The van der Waals surface area contributed by atoms with E-state index in [2.05, 4.69) is 6.92 Å². The number of rotatable bonds is 3. The first kappa shape index (κ1) is 11.9. The van der Waals surface area contributed by atoms with Crippen LogP contribution in [0.5, 0.6) is 0 Å². The van der Waals surface area contributed by atoms with Gasteiger partial charge in [-0.1, -0.05) is 19.8 Å². The molecule has 2 nitrogen and oxygen atoms in total. The molecule has 0 heterocycles. The van der Waals surface area contributed by atoms with Crippen LogP contribution >= 0.6 is 0 Å². The van der Waals surface area contributed by atoms with Crippen molar-refractivity contribution < 1.29 is 9.00 Å². The van der Waals surface area contributed by atoms with Crippen molar-refractivity contribution in [2.24, 2.45) is 5.92 Å². The summed E-state index contributed by atoms with van der Waals surface area (Å²) < 4.78 is 12.0. The lowest BCUT2D eigenvalue weighted by Gasteiger charge is -2.27. The predicted octanol–water partition coefficient (Wildman–Crippen LogP) is 2.29. The Labute approximate surface area is 88.9 Å². The summed E-state index contributed by atoms with van der Waals surface area (Å²) in [6.45, 7) is 5.54. The van der Waals surface area contributed by atoms with Gasteiger partial charge in [-0.2, -0.15) is 0 Å². The van der Waals surface area contributed by atoms with Gasteiger partial charge >= 0.3 is 0 Å². The Kier molecular flexibility index (Phi) is 4.30. The number of ketones is 1. The molecule has 1 saturated carbocycles. The molecule has 0 saturated heterocycles. The van der Waals surface area contributed by atoms with Crippen LogP contribution in [0.25, 0.3) is 0 Å². The minimum absolute atomic E-state index is 0.0570. The quantitative estimate of drug-likeness (QED) is 0.725. The van der Waals surface area contributed by atoms with Crippen molar-refractivity contribution >= 4 is 16.6 Å². The molecule has 0 spiro atoms. The van der Waals surface area contributed by atoms with Crippen molar-refractivity contribution in [1.29, 1.82) is 0 Å². The van der Waals surface area contributed by atoms with E-state index in [1.54, 1.807) is 6.92 Å². The highest BCUT2D eigenvalue weighted by atomic mass is 32.2. The number of Topliss-reactive ketones (excluding diaryl/α,β-unsaturated/α-hetero) is 1. The number of carbonyl (C=O) groups is 1. The molecule has 0 amide bonds. The van der Waals surface area contributed by atoms with Crippen LogP contribution in [0.4, 0.5) is 0 Å². The van der Waals surface area contributed by atoms with Crippen molar-refractivity contribution in [2.45, 2.75) is 57.0 Å². The largest absolute Gasteiger partial charge is 0.299 e. The molecule has 0 aliphatic heterocycles. The van der Waals surface area contributed by atoms with Crippen LogP contribution < -0.4 is 0 Å². The van der Waals surface area contributed by atoms with Crippen LogP contribution in [0, 0.1) is 5.92 Å². The van der Waals surface area contributed by atoms with Crippen molar-refractivity contribution in [1.82, 2.24) is 0 Å². The number of carbonyl (C=O) groups excluding carboxylic acids is 1. The highest BCUT2D eigenvalue weighted by molar-refractivity contribution is 7.87. The van der Waals surface area contributed by atoms with E-state index in [1.807, 2.05) is 0 Å². The summed E-state index contributed by atoms with van der Waals surface area (Å²) >= 11 is 0. The summed E-state index contributed by atoms with van der Waals surface area (Å²) in [4.78, 5) is 11.1. The lowest BCUT2D eigenvalue weighted by molar-refractivity contribution is -0.116. The maximum atomic E-state index is 12.0. The fourth-order valence-electron chi connectivity index (χ4n) is 2.04. The van der Waals surface area contributed by atoms with Crippen LogP contribution in [0.15, 0.2) is 0 Å². The Hall–Kier alpha value is -0.180. The van der Waals surface area contributed by atoms with Crippen LogP contribution in [0.2, 0.25) is 0 Å². The molecule has 0 radical (unpaired) electrons. The molecule has 3 heteroatoms. The van der Waals surface area contributed by atoms with E-state index in [0.717, 1.165) is 12.8 Å². The van der Waals surface area contributed by atoms with Gasteiger partial charge in [0.15, 0.2) is 0 Å². The Morgan fingerprint density at radius 2 is 2.07 bits per heavy atom. The van der Waals surface area contributed by atoms with Crippen molar-refractivity contribution in [2.75, 3.05) is 0 Å². The van der Waals surface area contributed by atoms with Crippen molar-refractivity contribution in [3.05, 3.63) is 0 Å². The maximum absolute atomic E-state index is 12.0. The highest BCUT2D eigenvalue weighted by Gasteiger charge is 2.28. The van der Waals surface area contributed by atoms with E-state index >= 15 is 0 Å². The Morgan fingerprint density at radius 1 is 1.43 bits per heavy atom. The third kappa shape index (κ3) is 2.91. The molecule has 14 heavy (non-hydrogen) atoms. The van der Waals surface area contributed by atoms with Gasteiger partial charge in [-0.05, 0) is 32.6 Å². The lowest BCUT2D eigenvalue weighted by atomic mass is 9.91. The summed E-state index contributed by atoms with van der Waals surface area (Å²) in [6, 6.07) is 0. The SMILES string of the molecule is CC(=O)C(C)S(=O)C1CCCC(C)C1. The maximum Gasteiger partial charge on any atom is 0.145 e. The van der Waals surface area contributed by atoms with E-state index in [-0.39, 0.29) is 16.3 Å². The minimum atomic E-state index is -0.952. The molecule has 0 aromatic carbocycles. The van der Waals surface area contributed by atoms with Gasteiger partial charge in [-0.25, -0.2) is 0 Å². The Morgan fingerprint density at radius 3 is 2.57 bits per heavy atom. The fourth-order valence-corrected chi connectivity index (χ4v) is 3.86.